The first kappa shape index (κ1) is 14.2. The molecule has 5 heteroatoms. The van der Waals surface area contributed by atoms with Gasteiger partial charge in [0.2, 0.25) is 0 Å². The minimum atomic E-state index is -0.772. The molecule has 1 aromatic heterocycles. The average Bonchev–Trinajstić information content (AvgIpc) is 2.34. The molecule has 0 aliphatic heterocycles. The van der Waals surface area contributed by atoms with Gasteiger partial charge in [-0.3, -0.25) is 4.79 Å². The smallest absolute Gasteiger partial charge is 0.304 e. The van der Waals surface area contributed by atoms with Crippen LogP contribution in [0, 0.1) is 6.92 Å². The van der Waals surface area contributed by atoms with Gasteiger partial charge in [0.25, 0.3) is 0 Å². The van der Waals surface area contributed by atoms with Gasteiger partial charge in [0, 0.05) is 22.5 Å². The molecule has 0 radical (unpaired) electrons. The summed E-state index contributed by atoms with van der Waals surface area (Å²) in [6.07, 6.45) is 0.169. The quantitative estimate of drug-likeness (QED) is 0.671. The topological polar surface area (TPSA) is 50.2 Å². The minimum absolute atomic E-state index is 0.169. The first-order valence-corrected chi connectivity index (χ1v) is 7.45. The van der Waals surface area contributed by atoms with Crippen molar-refractivity contribution in [2.75, 3.05) is 5.75 Å². The Balaban J connectivity index is 2.12. The Morgan fingerprint density at radius 3 is 2.95 bits per heavy atom. The van der Waals surface area contributed by atoms with E-state index in [0.717, 1.165) is 22.0 Å². The van der Waals surface area contributed by atoms with Crippen LogP contribution in [0.4, 0.5) is 0 Å². The lowest BCUT2D eigenvalue weighted by Crippen LogP contribution is -1.96. The number of aliphatic carboxylic acids is 1. The maximum Gasteiger partial charge on any atom is 0.304 e. The van der Waals surface area contributed by atoms with Crippen LogP contribution >= 0.6 is 23.4 Å². The number of aromatic nitrogens is 1. The Morgan fingerprint density at radius 1 is 1.42 bits per heavy atom. The van der Waals surface area contributed by atoms with E-state index in [9.17, 15) is 4.79 Å². The van der Waals surface area contributed by atoms with E-state index in [2.05, 4.69) is 4.98 Å². The van der Waals surface area contributed by atoms with Gasteiger partial charge < -0.3 is 5.11 Å². The first-order chi connectivity index (χ1) is 9.06. The molecule has 0 amide bonds. The van der Waals surface area contributed by atoms with Crippen LogP contribution in [0.5, 0.6) is 0 Å². The van der Waals surface area contributed by atoms with E-state index in [1.165, 1.54) is 0 Å². The van der Waals surface area contributed by atoms with Crippen LogP contribution in [0.2, 0.25) is 5.15 Å². The van der Waals surface area contributed by atoms with E-state index in [1.54, 1.807) is 11.8 Å². The molecule has 0 atom stereocenters. The summed E-state index contributed by atoms with van der Waals surface area (Å²) >= 11 is 7.71. The molecular weight excluding hydrogens is 282 g/mol. The van der Waals surface area contributed by atoms with Crippen molar-refractivity contribution in [3.05, 3.63) is 40.5 Å². The highest BCUT2D eigenvalue weighted by Crippen LogP contribution is 2.25. The van der Waals surface area contributed by atoms with Crippen LogP contribution in [0.25, 0.3) is 10.9 Å². The SMILES string of the molecule is Cc1ccc2cc(CSCCC(=O)O)c(Cl)nc2c1. The Morgan fingerprint density at radius 2 is 2.21 bits per heavy atom. The Hall–Kier alpha value is -1.26. The van der Waals surface area contributed by atoms with E-state index >= 15 is 0 Å². The molecule has 1 heterocycles. The second-order valence-electron chi connectivity index (χ2n) is 4.33. The highest BCUT2D eigenvalue weighted by molar-refractivity contribution is 7.98. The molecule has 0 saturated heterocycles. The van der Waals surface area contributed by atoms with Crippen molar-refractivity contribution >= 4 is 40.2 Å². The Bertz CT molecular complexity index is 616. The summed E-state index contributed by atoms with van der Waals surface area (Å²) in [7, 11) is 0. The van der Waals surface area contributed by atoms with Gasteiger partial charge in [-0.15, -0.1) is 0 Å². The molecule has 0 saturated carbocycles. The predicted molar refractivity (Wildman–Crippen MR) is 79.9 cm³/mol. The van der Waals surface area contributed by atoms with Crippen LogP contribution < -0.4 is 0 Å². The van der Waals surface area contributed by atoms with E-state index in [0.29, 0.717) is 16.7 Å². The fraction of sp³-hybridized carbons (Fsp3) is 0.286. The fourth-order valence-corrected chi connectivity index (χ4v) is 2.94. The molecule has 19 heavy (non-hydrogen) atoms. The number of benzene rings is 1. The van der Waals surface area contributed by atoms with Crippen molar-refractivity contribution in [1.29, 1.82) is 0 Å². The van der Waals surface area contributed by atoms with Crippen LogP contribution in [0.3, 0.4) is 0 Å². The van der Waals surface area contributed by atoms with Crippen LogP contribution in [-0.4, -0.2) is 21.8 Å². The van der Waals surface area contributed by atoms with Crippen molar-refractivity contribution in [3.63, 3.8) is 0 Å². The number of halogens is 1. The maximum absolute atomic E-state index is 10.4. The number of pyridine rings is 1. The molecular formula is C14H14ClNO2S. The Labute approximate surface area is 121 Å². The van der Waals surface area contributed by atoms with Crippen molar-refractivity contribution in [2.24, 2.45) is 0 Å². The van der Waals surface area contributed by atoms with Crippen molar-refractivity contribution in [3.8, 4) is 0 Å². The van der Waals surface area contributed by atoms with Crippen LogP contribution in [0.15, 0.2) is 24.3 Å². The molecule has 2 aromatic rings. The van der Waals surface area contributed by atoms with Crippen molar-refractivity contribution in [1.82, 2.24) is 4.98 Å². The van der Waals surface area contributed by atoms with Crippen LogP contribution in [0.1, 0.15) is 17.5 Å². The van der Waals surface area contributed by atoms with Gasteiger partial charge in [0.1, 0.15) is 5.15 Å². The van der Waals surface area contributed by atoms with Gasteiger partial charge in [-0.2, -0.15) is 11.8 Å². The number of carbonyl (C=O) groups is 1. The third-order valence-corrected chi connectivity index (χ3v) is 4.05. The van der Waals surface area contributed by atoms with Gasteiger partial charge in [-0.25, -0.2) is 4.98 Å². The molecule has 3 nitrogen and oxygen atoms in total. The second-order valence-corrected chi connectivity index (χ2v) is 5.79. The number of hydrogen-bond acceptors (Lipinski definition) is 3. The number of fused-ring (bicyclic) bond motifs is 1. The third-order valence-electron chi connectivity index (χ3n) is 2.72. The van der Waals surface area contributed by atoms with Crippen LogP contribution in [-0.2, 0) is 10.5 Å². The zero-order valence-electron chi connectivity index (χ0n) is 10.5. The molecule has 0 unspecified atom stereocenters. The number of hydrogen-bond donors (Lipinski definition) is 1. The Kier molecular flexibility index (Phi) is 4.66. The zero-order valence-corrected chi connectivity index (χ0v) is 12.1. The van der Waals surface area contributed by atoms with Gasteiger partial charge in [0.05, 0.1) is 11.9 Å². The van der Waals surface area contributed by atoms with Crippen molar-refractivity contribution in [2.45, 2.75) is 19.1 Å². The summed E-state index contributed by atoms with van der Waals surface area (Å²) in [4.78, 5) is 14.8. The van der Waals surface area contributed by atoms with Gasteiger partial charge in [-0.05, 0) is 24.6 Å². The predicted octanol–water partition coefficient (Wildman–Crippen LogP) is 3.90. The summed E-state index contributed by atoms with van der Waals surface area (Å²) in [5, 5.41) is 10.1. The summed E-state index contributed by atoms with van der Waals surface area (Å²) < 4.78 is 0. The molecule has 0 fully saturated rings. The zero-order chi connectivity index (χ0) is 13.8. The number of carboxylic acid groups (broad SMARTS) is 1. The highest BCUT2D eigenvalue weighted by Gasteiger charge is 2.06. The number of rotatable bonds is 5. The molecule has 1 aromatic carbocycles. The van der Waals surface area contributed by atoms with E-state index < -0.39 is 5.97 Å². The summed E-state index contributed by atoms with van der Waals surface area (Å²) in [6, 6.07) is 8.10. The third kappa shape index (κ3) is 3.85. The van der Waals surface area contributed by atoms with Gasteiger partial charge in [0.15, 0.2) is 0 Å². The number of aryl methyl sites for hydroxylation is 1. The molecule has 0 spiro atoms. The maximum atomic E-state index is 10.4. The number of carboxylic acids is 1. The second kappa shape index (κ2) is 6.26. The summed E-state index contributed by atoms with van der Waals surface area (Å²) in [6.45, 7) is 2.02. The average molecular weight is 296 g/mol. The number of thioether (sulfide) groups is 1. The molecule has 0 aliphatic rings. The van der Waals surface area contributed by atoms with E-state index in [4.69, 9.17) is 16.7 Å². The van der Waals surface area contributed by atoms with Gasteiger partial charge in [-0.1, -0.05) is 23.7 Å². The number of nitrogens with zero attached hydrogens (tertiary/aromatic N) is 1. The normalized spacial score (nSPS) is 10.8. The lowest BCUT2D eigenvalue weighted by molar-refractivity contribution is -0.136. The molecule has 1 N–H and O–H groups in total. The summed E-state index contributed by atoms with van der Waals surface area (Å²) in [5.41, 5.74) is 3.00. The van der Waals surface area contributed by atoms with Gasteiger partial charge >= 0.3 is 5.97 Å². The molecule has 0 bridgehead atoms. The molecule has 100 valence electrons. The minimum Gasteiger partial charge on any atom is -0.481 e. The van der Waals surface area contributed by atoms with Crippen molar-refractivity contribution < 1.29 is 9.90 Å². The molecule has 0 aliphatic carbocycles. The van der Waals surface area contributed by atoms with E-state index in [-0.39, 0.29) is 6.42 Å². The standard InChI is InChI=1S/C14H14ClNO2S/c1-9-2-3-10-7-11(8-19-5-4-13(17)18)14(15)16-12(10)6-9/h2-3,6-7H,4-5,8H2,1H3,(H,17,18). The lowest BCUT2D eigenvalue weighted by atomic mass is 10.1. The molecule has 2 rings (SSSR count). The summed E-state index contributed by atoms with van der Waals surface area (Å²) in [5.74, 6) is 0.492. The lowest BCUT2D eigenvalue weighted by Gasteiger charge is -2.06. The largest absolute Gasteiger partial charge is 0.481 e. The monoisotopic (exact) mass is 295 g/mol. The fourth-order valence-electron chi connectivity index (χ4n) is 1.74. The highest BCUT2D eigenvalue weighted by atomic mass is 35.5. The van der Waals surface area contributed by atoms with E-state index in [1.807, 2.05) is 31.2 Å². The first-order valence-electron chi connectivity index (χ1n) is 5.91.